The molecule has 2 amide bonds. The van der Waals surface area contributed by atoms with E-state index in [0.29, 0.717) is 28.6 Å². The number of aromatic nitrogens is 2. The van der Waals surface area contributed by atoms with Gasteiger partial charge < -0.3 is 25.2 Å². The first-order valence-corrected chi connectivity index (χ1v) is 13.5. The number of piperazine rings is 1. The summed E-state index contributed by atoms with van der Waals surface area (Å²) in [6.45, 7) is 6.14. The third-order valence-electron chi connectivity index (χ3n) is 7.07. The monoisotopic (exact) mass is 555 g/mol. The van der Waals surface area contributed by atoms with Crippen molar-refractivity contribution >= 4 is 34.7 Å². The number of hydrogen-bond acceptors (Lipinski definition) is 7. The highest BCUT2D eigenvalue weighted by molar-refractivity contribution is 5.99. The van der Waals surface area contributed by atoms with Crippen molar-refractivity contribution in [3.63, 3.8) is 0 Å². The first-order chi connectivity index (χ1) is 19.9. The normalized spacial score (nSPS) is 13.5. The minimum Gasteiger partial charge on any atom is -0.497 e. The Morgan fingerprint density at radius 1 is 1.00 bits per heavy atom. The minimum atomic E-state index is -0.413. The lowest BCUT2D eigenvalue weighted by Crippen LogP contribution is -2.44. The molecule has 41 heavy (non-hydrogen) atoms. The predicted octanol–water partition coefficient (Wildman–Crippen LogP) is 5.48. The number of carbonyl (C=O) groups excluding carboxylic acids is 1. The van der Waals surface area contributed by atoms with Crippen molar-refractivity contribution in [1.82, 2.24) is 20.2 Å². The molecule has 0 aliphatic carbocycles. The number of carbonyl (C=O) groups is 1. The molecule has 1 fully saturated rings. The van der Waals surface area contributed by atoms with Crippen LogP contribution < -0.4 is 25.2 Å². The Bertz CT molecular complexity index is 1490. The number of nitrogens with zero attached hydrogens (tertiary/aromatic N) is 5. The number of urea groups is 1. The second-order valence-electron chi connectivity index (χ2n) is 10.0. The van der Waals surface area contributed by atoms with Crippen molar-refractivity contribution in [2.45, 2.75) is 13.5 Å². The average Bonchev–Trinajstić information content (AvgIpc) is 2.98. The molecule has 0 unspecified atom stereocenters. The second kappa shape index (κ2) is 12.6. The summed E-state index contributed by atoms with van der Waals surface area (Å²) in [5.74, 6) is 1.23. The highest BCUT2D eigenvalue weighted by Crippen LogP contribution is 2.31. The average molecular weight is 556 g/mol. The van der Waals surface area contributed by atoms with Crippen molar-refractivity contribution in [2.24, 2.45) is 0 Å². The molecule has 0 atom stereocenters. The standard InChI is InChI=1S/C31H34FN7O2/c1-22-17-27(41-3)11-12-28(22)39(31(40)33-20-23-5-4-6-24(32)18-23)30-19-29(34-21-35-30)36-25-7-9-26(10-8-25)38-15-13-37(2)14-16-38/h4-12,17-19,21H,13-16,20H2,1-3H3,(H,33,40)(H,34,35,36). The quantitative estimate of drug-likeness (QED) is 0.298. The van der Waals surface area contributed by atoms with Crippen LogP contribution >= 0.6 is 0 Å². The Labute approximate surface area is 239 Å². The van der Waals surface area contributed by atoms with Gasteiger partial charge >= 0.3 is 6.03 Å². The third kappa shape index (κ3) is 6.90. The summed E-state index contributed by atoms with van der Waals surface area (Å²) < 4.78 is 19.1. The summed E-state index contributed by atoms with van der Waals surface area (Å²) >= 11 is 0. The molecule has 0 spiro atoms. The summed E-state index contributed by atoms with van der Waals surface area (Å²) in [5.41, 5.74) is 4.15. The first kappa shape index (κ1) is 27.9. The molecule has 1 aliphatic heterocycles. The third-order valence-corrected chi connectivity index (χ3v) is 7.07. The van der Waals surface area contributed by atoms with E-state index in [2.05, 4.69) is 49.6 Å². The number of amides is 2. The molecule has 1 aliphatic rings. The topological polar surface area (TPSA) is 85.9 Å². The lowest BCUT2D eigenvalue weighted by atomic mass is 10.1. The Hall–Kier alpha value is -4.70. The van der Waals surface area contributed by atoms with Gasteiger partial charge in [-0.25, -0.2) is 24.1 Å². The lowest BCUT2D eigenvalue weighted by molar-refractivity contribution is 0.248. The van der Waals surface area contributed by atoms with Crippen molar-refractivity contribution < 1.29 is 13.9 Å². The smallest absolute Gasteiger partial charge is 0.327 e. The molecule has 0 bridgehead atoms. The fourth-order valence-corrected chi connectivity index (χ4v) is 4.75. The van der Waals surface area contributed by atoms with Crippen LogP contribution in [0.1, 0.15) is 11.1 Å². The molecule has 0 saturated carbocycles. The molecule has 2 heterocycles. The SMILES string of the molecule is COc1ccc(N(C(=O)NCc2cccc(F)c2)c2cc(Nc3ccc(N4CCN(C)CC4)cc3)ncn2)c(C)c1. The van der Waals surface area contributed by atoms with Gasteiger partial charge in [0, 0.05) is 50.2 Å². The minimum absolute atomic E-state index is 0.151. The van der Waals surface area contributed by atoms with E-state index in [0.717, 1.165) is 37.4 Å². The van der Waals surface area contributed by atoms with E-state index in [9.17, 15) is 9.18 Å². The van der Waals surface area contributed by atoms with Crippen LogP contribution in [0.5, 0.6) is 5.75 Å². The Balaban J connectivity index is 1.37. The molecule has 0 radical (unpaired) electrons. The van der Waals surface area contributed by atoms with E-state index in [1.54, 1.807) is 31.4 Å². The molecule has 3 aromatic carbocycles. The van der Waals surface area contributed by atoms with E-state index in [-0.39, 0.29) is 12.4 Å². The maximum atomic E-state index is 13.7. The van der Waals surface area contributed by atoms with E-state index in [1.807, 2.05) is 31.2 Å². The summed E-state index contributed by atoms with van der Waals surface area (Å²) in [6.07, 6.45) is 1.42. The van der Waals surface area contributed by atoms with Gasteiger partial charge in [-0.3, -0.25) is 0 Å². The number of nitrogens with one attached hydrogen (secondary N) is 2. The van der Waals surface area contributed by atoms with Crippen LogP contribution in [0, 0.1) is 12.7 Å². The lowest BCUT2D eigenvalue weighted by Gasteiger charge is -2.34. The molecule has 9 nitrogen and oxygen atoms in total. The zero-order valence-corrected chi connectivity index (χ0v) is 23.5. The molecule has 4 aromatic rings. The summed E-state index contributed by atoms with van der Waals surface area (Å²) in [4.78, 5) is 28.6. The van der Waals surface area contributed by atoms with Crippen molar-refractivity contribution in [2.75, 3.05) is 55.5 Å². The molecule has 5 rings (SSSR count). The van der Waals surface area contributed by atoms with Crippen molar-refractivity contribution in [3.05, 3.63) is 96.1 Å². The zero-order chi connectivity index (χ0) is 28.8. The fraction of sp³-hybridized carbons (Fsp3) is 0.258. The number of halogens is 1. The number of likely N-dealkylation sites (N-methyl/N-ethyl adjacent to an activating group) is 1. The fourth-order valence-electron chi connectivity index (χ4n) is 4.75. The van der Waals surface area contributed by atoms with Gasteiger partial charge in [0.25, 0.3) is 0 Å². The van der Waals surface area contributed by atoms with E-state index < -0.39 is 6.03 Å². The number of rotatable bonds is 8. The predicted molar refractivity (Wildman–Crippen MR) is 160 cm³/mol. The van der Waals surface area contributed by atoms with Gasteiger partial charge in [-0.2, -0.15) is 0 Å². The molecule has 10 heteroatoms. The van der Waals surface area contributed by atoms with Crippen LogP contribution in [0.25, 0.3) is 0 Å². The van der Waals surface area contributed by atoms with Gasteiger partial charge in [0.1, 0.15) is 29.5 Å². The molecule has 212 valence electrons. The number of ether oxygens (including phenoxy) is 1. The summed E-state index contributed by atoms with van der Waals surface area (Å²) in [5, 5.41) is 6.21. The van der Waals surface area contributed by atoms with E-state index in [1.165, 1.54) is 29.0 Å². The summed E-state index contributed by atoms with van der Waals surface area (Å²) in [7, 11) is 3.74. The highest BCUT2D eigenvalue weighted by atomic mass is 19.1. The number of aryl methyl sites for hydroxylation is 1. The molecular weight excluding hydrogens is 521 g/mol. The highest BCUT2D eigenvalue weighted by Gasteiger charge is 2.22. The van der Waals surface area contributed by atoms with Gasteiger partial charge in [-0.15, -0.1) is 0 Å². The van der Waals surface area contributed by atoms with Gasteiger partial charge in [0.2, 0.25) is 0 Å². The van der Waals surface area contributed by atoms with Crippen molar-refractivity contribution in [3.8, 4) is 5.75 Å². The first-order valence-electron chi connectivity index (χ1n) is 13.5. The van der Waals surface area contributed by atoms with Crippen LogP contribution in [0.4, 0.5) is 37.9 Å². The van der Waals surface area contributed by atoms with Gasteiger partial charge in [0.15, 0.2) is 0 Å². The molecule has 1 saturated heterocycles. The maximum Gasteiger partial charge on any atom is 0.327 e. The number of benzene rings is 3. The van der Waals surface area contributed by atoms with E-state index in [4.69, 9.17) is 4.74 Å². The summed E-state index contributed by atoms with van der Waals surface area (Å²) in [6, 6.07) is 21.1. The molecule has 2 N–H and O–H groups in total. The van der Waals surface area contributed by atoms with Gasteiger partial charge in [-0.1, -0.05) is 12.1 Å². The van der Waals surface area contributed by atoms with Gasteiger partial charge in [-0.05, 0) is 79.7 Å². The van der Waals surface area contributed by atoms with Crippen LogP contribution in [-0.4, -0.2) is 61.2 Å². The maximum absolute atomic E-state index is 13.7. The number of methoxy groups -OCH3 is 1. The Kier molecular flexibility index (Phi) is 8.59. The van der Waals surface area contributed by atoms with Crippen LogP contribution in [0.2, 0.25) is 0 Å². The largest absolute Gasteiger partial charge is 0.497 e. The van der Waals surface area contributed by atoms with Crippen LogP contribution in [-0.2, 0) is 6.54 Å². The Morgan fingerprint density at radius 3 is 2.49 bits per heavy atom. The van der Waals surface area contributed by atoms with Crippen LogP contribution in [0.3, 0.4) is 0 Å². The zero-order valence-electron chi connectivity index (χ0n) is 23.5. The molecule has 1 aromatic heterocycles. The Morgan fingerprint density at radius 2 is 1.78 bits per heavy atom. The van der Waals surface area contributed by atoms with Crippen LogP contribution in [0.15, 0.2) is 79.1 Å². The number of hydrogen-bond donors (Lipinski definition) is 2. The van der Waals surface area contributed by atoms with Crippen molar-refractivity contribution in [1.29, 1.82) is 0 Å². The number of anilines is 5. The second-order valence-corrected chi connectivity index (χ2v) is 10.0. The van der Waals surface area contributed by atoms with Gasteiger partial charge in [0.05, 0.1) is 12.8 Å². The van der Waals surface area contributed by atoms with E-state index >= 15 is 0 Å². The molecular formula is C31H34FN7O2.